The largest absolute Gasteiger partial charge is 0.418 e. The number of carbonyl (C=O) groups excluding carboxylic acids is 3. The van der Waals surface area contributed by atoms with Crippen molar-refractivity contribution in [3.8, 4) is 0 Å². The Bertz CT molecular complexity index is 414. The van der Waals surface area contributed by atoms with Crippen LogP contribution >= 0.6 is 0 Å². The van der Waals surface area contributed by atoms with E-state index in [4.69, 9.17) is 5.41 Å². The topological polar surface area (TPSA) is 95.6 Å². The molecule has 7 nitrogen and oxygen atoms in total. The Hall–Kier alpha value is -2.05. The molecule has 0 spiro atoms. The molecule has 1 saturated heterocycles. The van der Waals surface area contributed by atoms with Gasteiger partial charge in [0.1, 0.15) is 0 Å². The van der Waals surface area contributed by atoms with Crippen molar-refractivity contribution in [2.75, 3.05) is 13.6 Å². The first-order valence-electron chi connectivity index (χ1n) is 5.14. The molecule has 2 N–H and O–H groups in total. The summed E-state index contributed by atoms with van der Waals surface area (Å²) in [5, 5.41) is 5.69. The average molecular weight is 239 g/mol. The summed E-state index contributed by atoms with van der Waals surface area (Å²) < 4.78 is 0. The summed E-state index contributed by atoms with van der Waals surface area (Å²) in [6.07, 6.45) is 0.233. The van der Waals surface area contributed by atoms with E-state index in [0.29, 0.717) is 6.54 Å². The highest BCUT2D eigenvalue weighted by Crippen LogP contribution is 2.10. The number of rotatable bonds is 3. The van der Waals surface area contributed by atoms with E-state index in [2.05, 4.69) is 4.99 Å². The smallest absolute Gasteiger partial charge is 0.285 e. The van der Waals surface area contributed by atoms with Crippen LogP contribution in [0.25, 0.3) is 0 Å². The van der Waals surface area contributed by atoms with E-state index in [-0.39, 0.29) is 23.9 Å². The highest BCUT2D eigenvalue weighted by molar-refractivity contribution is 6.69. The number of hydrogen-bond donors (Lipinski definition) is 1. The van der Waals surface area contributed by atoms with Crippen molar-refractivity contribution >= 4 is 29.9 Å². The molecular formula is C10H15N4O3+. The van der Waals surface area contributed by atoms with E-state index in [9.17, 15) is 14.4 Å². The molecule has 7 heteroatoms. The second-order valence-corrected chi connectivity index (χ2v) is 4.12. The summed E-state index contributed by atoms with van der Waals surface area (Å²) in [7, 11) is 1.32. The van der Waals surface area contributed by atoms with Gasteiger partial charge < -0.3 is 0 Å². The fraction of sp³-hybridized carbons (Fsp3) is 0.500. The molecule has 1 rings (SSSR count). The summed E-state index contributed by atoms with van der Waals surface area (Å²) in [5.74, 6) is -0.560. The maximum atomic E-state index is 11.8. The quantitative estimate of drug-likeness (QED) is 0.594. The predicted molar refractivity (Wildman–Crippen MR) is 60.1 cm³/mol. The van der Waals surface area contributed by atoms with Crippen LogP contribution in [0.3, 0.4) is 0 Å². The number of hydrogen-bond acceptors (Lipinski definition) is 3. The monoisotopic (exact) mass is 239 g/mol. The normalized spacial score (nSPS) is 19.5. The number of urea groups is 1. The zero-order valence-electron chi connectivity index (χ0n) is 10.0. The Kier molecular flexibility index (Phi) is 3.72. The van der Waals surface area contributed by atoms with E-state index in [1.807, 2.05) is 13.8 Å². The molecule has 0 aromatic carbocycles. The highest BCUT2D eigenvalue weighted by Gasteiger charge is 2.45. The third-order valence-corrected chi connectivity index (χ3v) is 2.29. The number of amidine groups is 1. The summed E-state index contributed by atoms with van der Waals surface area (Å²) in [6, 6.07) is -0.508. The van der Waals surface area contributed by atoms with Gasteiger partial charge in [-0.15, -0.1) is 0 Å². The number of nitrogens with zero attached hydrogens (tertiary/aromatic N) is 3. The van der Waals surface area contributed by atoms with Gasteiger partial charge in [0.25, 0.3) is 5.91 Å². The minimum atomic E-state index is -0.667. The molecule has 0 bridgehead atoms. The zero-order valence-corrected chi connectivity index (χ0v) is 10.0. The lowest BCUT2D eigenvalue weighted by atomic mass is 10.1. The van der Waals surface area contributed by atoms with Crippen LogP contribution in [0.2, 0.25) is 0 Å². The van der Waals surface area contributed by atoms with Gasteiger partial charge in [-0.05, 0) is 5.92 Å². The van der Waals surface area contributed by atoms with Crippen LogP contribution in [0.15, 0.2) is 4.99 Å². The Labute approximate surface area is 98.6 Å². The maximum Gasteiger partial charge on any atom is 0.418 e. The van der Waals surface area contributed by atoms with Crippen molar-refractivity contribution in [2.45, 2.75) is 13.8 Å². The minimum absolute atomic E-state index is 0.0705. The number of imide groups is 1. The van der Waals surface area contributed by atoms with E-state index >= 15 is 0 Å². The fourth-order valence-electron chi connectivity index (χ4n) is 1.48. The molecule has 0 saturated carbocycles. The SMILES string of the molecule is CC(C)CN1C(=[NH2+])C(=NC=O)C(=O)N(C)C1=O. The Morgan fingerprint density at radius 2 is 2.00 bits per heavy atom. The first kappa shape index (κ1) is 13.0. The molecular weight excluding hydrogens is 224 g/mol. The standard InChI is InChI=1S/C10H14N4O3/c1-6(2)4-14-8(11)7(12-5-15)9(16)13(3)10(14)17/h5-6,11H,4H2,1-3H3/p+1. The van der Waals surface area contributed by atoms with Crippen LogP contribution in [0.5, 0.6) is 0 Å². The van der Waals surface area contributed by atoms with Gasteiger partial charge in [-0.2, -0.15) is 4.90 Å². The first-order valence-corrected chi connectivity index (χ1v) is 5.14. The number of aliphatic imine (C=N–C) groups is 1. The molecule has 1 aliphatic heterocycles. The Balaban J connectivity index is 3.12. The summed E-state index contributed by atoms with van der Waals surface area (Å²) >= 11 is 0. The van der Waals surface area contributed by atoms with Crippen LogP contribution < -0.4 is 5.41 Å². The van der Waals surface area contributed by atoms with Gasteiger partial charge in [0.05, 0.1) is 6.54 Å². The van der Waals surface area contributed by atoms with Crippen LogP contribution in [0.4, 0.5) is 4.79 Å². The van der Waals surface area contributed by atoms with Gasteiger partial charge >= 0.3 is 11.9 Å². The molecule has 0 unspecified atom stereocenters. The van der Waals surface area contributed by atoms with Crippen molar-refractivity contribution in [3.05, 3.63) is 0 Å². The van der Waals surface area contributed by atoms with Gasteiger partial charge in [-0.25, -0.2) is 14.7 Å². The van der Waals surface area contributed by atoms with Gasteiger partial charge in [0.15, 0.2) is 0 Å². The molecule has 1 aliphatic rings. The van der Waals surface area contributed by atoms with Crippen molar-refractivity contribution in [3.63, 3.8) is 0 Å². The van der Waals surface area contributed by atoms with E-state index in [0.717, 1.165) is 4.90 Å². The van der Waals surface area contributed by atoms with E-state index in [1.54, 1.807) is 0 Å². The summed E-state index contributed by atoms with van der Waals surface area (Å²) in [5.41, 5.74) is -0.192. The van der Waals surface area contributed by atoms with Gasteiger partial charge in [-0.3, -0.25) is 15.0 Å². The summed E-state index contributed by atoms with van der Waals surface area (Å²) in [4.78, 5) is 39.3. The molecule has 0 atom stereocenters. The van der Waals surface area contributed by atoms with Crippen molar-refractivity contribution in [2.24, 2.45) is 10.9 Å². The zero-order chi connectivity index (χ0) is 13.2. The highest BCUT2D eigenvalue weighted by atomic mass is 16.2. The molecule has 0 radical (unpaired) electrons. The Morgan fingerprint density at radius 3 is 2.47 bits per heavy atom. The third kappa shape index (κ3) is 2.38. The van der Waals surface area contributed by atoms with Crippen LogP contribution in [0, 0.1) is 5.92 Å². The second kappa shape index (κ2) is 4.86. The number of carbonyl (C=O) groups is 3. The van der Waals surface area contributed by atoms with Crippen LogP contribution in [-0.2, 0) is 9.59 Å². The third-order valence-electron chi connectivity index (χ3n) is 2.29. The maximum absolute atomic E-state index is 11.8. The molecule has 1 fully saturated rings. The lowest BCUT2D eigenvalue weighted by Gasteiger charge is -2.27. The predicted octanol–water partition coefficient (Wildman–Crippen LogP) is -1.71. The molecule has 0 aromatic rings. The number of nitrogens with two attached hydrogens (primary N) is 1. The molecule has 4 amide bonds. The Morgan fingerprint density at radius 1 is 1.41 bits per heavy atom. The van der Waals surface area contributed by atoms with Gasteiger partial charge in [-0.1, -0.05) is 13.8 Å². The molecule has 0 aliphatic carbocycles. The molecule has 0 aromatic heterocycles. The molecule has 92 valence electrons. The number of amides is 4. The molecule has 17 heavy (non-hydrogen) atoms. The van der Waals surface area contributed by atoms with Crippen molar-refractivity contribution in [1.29, 1.82) is 0 Å². The fourth-order valence-corrected chi connectivity index (χ4v) is 1.48. The van der Waals surface area contributed by atoms with Gasteiger partial charge in [0, 0.05) is 7.05 Å². The van der Waals surface area contributed by atoms with Gasteiger partial charge in [0.2, 0.25) is 12.1 Å². The first-order chi connectivity index (χ1) is 7.90. The molecule has 1 heterocycles. The minimum Gasteiger partial charge on any atom is -0.285 e. The average Bonchev–Trinajstić information content (AvgIpc) is 2.27. The van der Waals surface area contributed by atoms with E-state index < -0.39 is 11.9 Å². The second-order valence-electron chi connectivity index (χ2n) is 4.12. The summed E-state index contributed by atoms with van der Waals surface area (Å²) in [6.45, 7) is 4.18. The lowest BCUT2D eigenvalue weighted by Crippen LogP contribution is -2.68. The van der Waals surface area contributed by atoms with Crippen LogP contribution in [-0.4, -0.2) is 53.3 Å². The van der Waals surface area contributed by atoms with E-state index in [1.165, 1.54) is 11.9 Å². The van der Waals surface area contributed by atoms with Crippen molar-refractivity contribution < 1.29 is 19.8 Å². The van der Waals surface area contributed by atoms with Crippen molar-refractivity contribution in [1.82, 2.24) is 9.80 Å². The van der Waals surface area contributed by atoms with Crippen LogP contribution in [0.1, 0.15) is 13.8 Å². The lowest BCUT2D eigenvalue weighted by molar-refractivity contribution is -0.130.